The van der Waals surface area contributed by atoms with Crippen LogP contribution in [-0.4, -0.2) is 18.3 Å². The van der Waals surface area contributed by atoms with Gasteiger partial charge in [-0.15, -0.1) is 0 Å². The Hall–Kier alpha value is -0.560. The van der Waals surface area contributed by atoms with Gasteiger partial charge in [-0.05, 0) is 31.1 Å². The predicted molar refractivity (Wildman–Crippen MR) is 49.5 cm³/mol. The van der Waals surface area contributed by atoms with Crippen LogP contribution in [0.4, 0.5) is 35.1 Å². The summed E-state index contributed by atoms with van der Waals surface area (Å²) in [5, 5.41) is 0. The lowest BCUT2D eigenvalue weighted by molar-refractivity contribution is -0.349. The second-order valence-electron chi connectivity index (χ2n) is 5.47. The van der Waals surface area contributed by atoms with E-state index in [0.717, 1.165) is 0 Å². The Morgan fingerprint density at radius 1 is 0.737 bits per heavy atom. The van der Waals surface area contributed by atoms with Crippen molar-refractivity contribution < 1.29 is 35.1 Å². The standard InChI is InChI=1S/C11H12F8/c12-9(13,7-4-5-1-2-6(7)3-5)8(10(14,15)16)11(17,18)19/h5-8H,1-4H2. The highest BCUT2D eigenvalue weighted by molar-refractivity contribution is 5.01. The zero-order valence-electron chi connectivity index (χ0n) is 9.66. The second kappa shape index (κ2) is 4.22. The molecular weight excluding hydrogens is 284 g/mol. The third-order valence-corrected chi connectivity index (χ3v) is 4.27. The van der Waals surface area contributed by atoms with Crippen LogP contribution in [0.1, 0.15) is 25.7 Å². The molecule has 0 aromatic carbocycles. The molecule has 8 heteroatoms. The molecule has 0 N–H and O–H groups in total. The van der Waals surface area contributed by atoms with E-state index in [9.17, 15) is 35.1 Å². The van der Waals surface area contributed by atoms with Crippen LogP contribution < -0.4 is 0 Å². The summed E-state index contributed by atoms with van der Waals surface area (Å²) >= 11 is 0. The fraction of sp³-hybridized carbons (Fsp3) is 1.00. The van der Waals surface area contributed by atoms with Crippen LogP contribution in [0.25, 0.3) is 0 Å². The van der Waals surface area contributed by atoms with Gasteiger partial charge in [0.2, 0.25) is 5.92 Å². The third kappa shape index (κ3) is 2.54. The van der Waals surface area contributed by atoms with E-state index in [2.05, 4.69) is 0 Å². The molecule has 2 saturated carbocycles. The molecule has 112 valence electrons. The monoisotopic (exact) mass is 296 g/mol. The Balaban J connectivity index is 2.30. The van der Waals surface area contributed by atoms with Gasteiger partial charge in [-0.1, -0.05) is 6.42 Å². The van der Waals surface area contributed by atoms with E-state index < -0.39 is 36.0 Å². The largest absolute Gasteiger partial charge is 0.406 e. The van der Waals surface area contributed by atoms with E-state index in [4.69, 9.17) is 0 Å². The molecule has 0 spiro atoms. The van der Waals surface area contributed by atoms with Crippen LogP contribution in [0.15, 0.2) is 0 Å². The van der Waals surface area contributed by atoms with E-state index in [0.29, 0.717) is 19.3 Å². The highest BCUT2D eigenvalue weighted by Gasteiger charge is 2.72. The zero-order valence-corrected chi connectivity index (χ0v) is 9.66. The molecule has 0 radical (unpaired) electrons. The number of hydrogen-bond donors (Lipinski definition) is 0. The molecule has 2 rings (SSSR count). The summed E-state index contributed by atoms with van der Waals surface area (Å²) in [6.45, 7) is 0. The van der Waals surface area contributed by atoms with E-state index in [-0.39, 0.29) is 12.3 Å². The van der Waals surface area contributed by atoms with Crippen LogP contribution >= 0.6 is 0 Å². The Bertz CT molecular complexity index is 328. The Labute approximate surface area is 104 Å². The van der Waals surface area contributed by atoms with Crippen molar-refractivity contribution in [2.75, 3.05) is 0 Å². The first-order valence-electron chi connectivity index (χ1n) is 5.95. The van der Waals surface area contributed by atoms with Gasteiger partial charge < -0.3 is 0 Å². The molecule has 0 amide bonds. The van der Waals surface area contributed by atoms with Crippen molar-refractivity contribution in [2.24, 2.45) is 23.7 Å². The van der Waals surface area contributed by atoms with E-state index in [1.165, 1.54) is 0 Å². The van der Waals surface area contributed by atoms with Gasteiger partial charge >= 0.3 is 12.4 Å². The fourth-order valence-corrected chi connectivity index (χ4v) is 3.55. The van der Waals surface area contributed by atoms with Crippen molar-refractivity contribution in [3.05, 3.63) is 0 Å². The van der Waals surface area contributed by atoms with Gasteiger partial charge in [-0.2, -0.15) is 26.3 Å². The topological polar surface area (TPSA) is 0 Å². The number of halogens is 8. The van der Waals surface area contributed by atoms with Crippen molar-refractivity contribution in [2.45, 2.75) is 44.0 Å². The van der Waals surface area contributed by atoms with Gasteiger partial charge in [0.1, 0.15) is 0 Å². The van der Waals surface area contributed by atoms with E-state index >= 15 is 0 Å². The molecular formula is C11H12F8. The van der Waals surface area contributed by atoms with Gasteiger partial charge in [0, 0.05) is 5.92 Å². The normalized spacial score (nSPS) is 32.4. The molecule has 0 nitrogen and oxygen atoms in total. The maximum absolute atomic E-state index is 13.8. The van der Waals surface area contributed by atoms with Crippen LogP contribution in [0.5, 0.6) is 0 Å². The molecule has 0 aromatic rings. The first-order chi connectivity index (χ1) is 8.44. The average Bonchev–Trinajstić information content (AvgIpc) is 2.71. The smallest absolute Gasteiger partial charge is 0.205 e. The minimum absolute atomic E-state index is 0.150. The lowest BCUT2D eigenvalue weighted by Gasteiger charge is -2.37. The summed E-state index contributed by atoms with van der Waals surface area (Å²) in [7, 11) is 0. The molecule has 19 heavy (non-hydrogen) atoms. The first kappa shape index (κ1) is 14.8. The van der Waals surface area contributed by atoms with Crippen LogP contribution in [0, 0.1) is 23.7 Å². The lowest BCUT2D eigenvalue weighted by atomic mass is 9.78. The predicted octanol–water partition coefficient (Wildman–Crippen LogP) is 4.80. The molecule has 2 fully saturated rings. The summed E-state index contributed by atoms with van der Waals surface area (Å²) in [5.41, 5.74) is 0. The summed E-state index contributed by atoms with van der Waals surface area (Å²) in [4.78, 5) is 0. The molecule has 0 aliphatic heterocycles. The molecule has 2 aliphatic rings. The molecule has 3 atom stereocenters. The minimum Gasteiger partial charge on any atom is -0.205 e. The van der Waals surface area contributed by atoms with Gasteiger partial charge in [-0.25, -0.2) is 8.78 Å². The number of hydrogen-bond acceptors (Lipinski definition) is 0. The third-order valence-electron chi connectivity index (χ3n) is 4.27. The Morgan fingerprint density at radius 2 is 1.26 bits per heavy atom. The molecule has 2 aliphatic carbocycles. The highest BCUT2D eigenvalue weighted by atomic mass is 19.4. The summed E-state index contributed by atoms with van der Waals surface area (Å²) in [6, 6.07) is 0. The van der Waals surface area contributed by atoms with Crippen molar-refractivity contribution >= 4 is 0 Å². The molecule has 2 bridgehead atoms. The number of alkyl halides is 8. The SMILES string of the molecule is FC(F)(F)C(C(F)(F)F)C(F)(F)C1CC2CCC1C2. The van der Waals surface area contributed by atoms with Crippen molar-refractivity contribution in [1.82, 2.24) is 0 Å². The number of fused-ring (bicyclic) bond motifs is 2. The maximum Gasteiger partial charge on any atom is 0.406 e. The number of rotatable bonds is 2. The molecule has 3 unspecified atom stereocenters. The van der Waals surface area contributed by atoms with E-state index in [1.54, 1.807) is 0 Å². The molecule has 0 saturated heterocycles. The minimum atomic E-state index is -5.98. The molecule has 0 aromatic heterocycles. The Morgan fingerprint density at radius 3 is 1.58 bits per heavy atom. The second-order valence-corrected chi connectivity index (χ2v) is 5.47. The fourth-order valence-electron chi connectivity index (χ4n) is 3.55. The van der Waals surface area contributed by atoms with Crippen LogP contribution in [-0.2, 0) is 0 Å². The summed E-state index contributed by atoms with van der Waals surface area (Å²) < 4.78 is 102. The average molecular weight is 296 g/mol. The van der Waals surface area contributed by atoms with Crippen molar-refractivity contribution in [3.63, 3.8) is 0 Å². The van der Waals surface area contributed by atoms with Crippen molar-refractivity contribution in [3.8, 4) is 0 Å². The highest BCUT2D eigenvalue weighted by Crippen LogP contribution is 2.60. The lowest BCUT2D eigenvalue weighted by Crippen LogP contribution is -2.53. The summed E-state index contributed by atoms with van der Waals surface area (Å²) in [5.74, 6) is -12.0. The Kier molecular flexibility index (Phi) is 3.29. The zero-order chi connectivity index (χ0) is 14.6. The van der Waals surface area contributed by atoms with Gasteiger partial charge in [0.05, 0.1) is 0 Å². The molecule has 0 heterocycles. The van der Waals surface area contributed by atoms with Gasteiger partial charge in [-0.3, -0.25) is 0 Å². The van der Waals surface area contributed by atoms with Gasteiger partial charge in [0.25, 0.3) is 5.92 Å². The quantitative estimate of drug-likeness (QED) is 0.642. The maximum atomic E-state index is 13.8. The van der Waals surface area contributed by atoms with Gasteiger partial charge in [0.15, 0.2) is 0 Å². The van der Waals surface area contributed by atoms with Crippen LogP contribution in [0.3, 0.4) is 0 Å². The van der Waals surface area contributed by atoms with Crippen LogP contribution in [0.2, 0.25) is 0 Å². The first-order valence-corrected chi connectivity index (χ1v) is 5.95. The van der Waals surface area contributed by atoms with E-state index in [1.807, 2.05) is 0 Å². The van der Waals surface area contributed by atoms with Crippen molar-refractivity contribution in [1.29, 1.82) is 0 Å². The summed E-state index contributed by atoms with van der Waals surface area (Å²) in [6.07, 6.45) is -11.0.